The van der Waals surface area contributed by atoms with Crippen LogP contribution in [-0.4, -0.2) is 27.6 Å². The molecule has 2 N–H and O–H groups in total. The van der Waals surface area contributed by atoms with E-state index in [-0.39, 0.29) is 5.91 Å². The summed E-state index contributed by atoms with van der Waals surface area (Å²) in [5.41, 5.74) is 0. The molecule has 56 valence electrons. The van der Waals surface area contributed by atoms with E-state index in [0.717, 1.165) is 12.6 Å². The maximum Gasteiger partial charge on any atom is 0.291 e. The molecule has 0 aromatic carbocycles. The molecule has 0 aromatic heterocycles. The molecule has 0 unspecified atom stereocenters. The first kappa shape index (κ1) is 6.92. The highest BCUT2D eigenvalue weighted by Crippen LogP contribution is 2.09. The van der Waals surface area contributed by atoms with Crippen molar-refractivity contribution in [3.63, 3.8) is 0 Å². The Balaban J connectivity index is 2.56. The largest absolute Gasteiger partial charge is 0.480 e. The molecule has 0 radical (unpaired) electrons. The first-order valence-electron chi connectivity index (χ1n) is 3.09. The van der Waals surface area contributed by atoms with Gasteiger partial charge >= 0.3 is 0 Å². The van der Waals surface area contributed by atoms with Crippen molar-refractivity contribution in [1.82, 2.24) is 4.90 Å². The van der Waals surface area contributed by atoms with Crippen LogP contribution in [0.25, 0.3) is 0 Å². The summed E-state index contributed by atoms with van der Waals surface area (Å²) in [7, 11) is 0. The summed E-state index contributed by atoms with van der Waals surface area (Å²) in [5.74, 6) is -0.865. The van der Waals surface area contributed by atoms with Crippen LogP contribution in [0.3, 0.4) is 0 Å². The highest BCUT2D eigenvalue weighted by atomic mass is 16.5. The number of carbonyl (C=O) groups is 1. The van der Waals surface area contributed by atoms with Gasteiger partial charge in [-0.1, -0.05) is 0 Å². The minimum absolute atomic E-state index is 0.0550. The van der Waals surface area contributed by atoms with Gasteiger partial charge in [0, 0.05) is 13.0 Å². The fourth-order valence-corrected chi connectivity index (χ4v) is 0.945. The van der Waals surface area contributed by atoms with Crippen molar-refractivity contribution in [3.05, 3.63) is 12.1 Å². The van der Waals surface area contributed by atoms with Gasteiger partial charge in [-0.2, -0.15) is 0 Å². The van der Waals surface area contributed by atoms with Crippen LogP contribution in [0.1, 0.15) is 12.8 Å². The topological polar surface area (TPSA) is 60.8 Å². The first-order valence-corrected chi connectivity index (χ1v) is 3.09. The van der Waals surface area contributed by atoms with E-state index in [1.807, 2.05) is 0 Å². The SMILES string of the molecule is O=C1CCCN1C=C(O)O. The predicted octanol–water partition coefficient (Wildman–Crippen LogP) is 0.524. The number of amides is 1. The van der Waals surface area contributed by atoms with E-state index in [1.54, 1.807) is 0 Å². The Morgan fingerprint density at radius 1 is 1.60 bits per heavy atom. The van der Waals surface area contributed by atoms with Gasteiger partial charge in [-0.25, -0.2) is 0 Å². The summed E-state index contributed by atoms with van der Waals surface area (Å²) in [5, 5.41) is 16.7. The maximum absolute atomic E-state index is 10.8. The van der Waals surface area contributed by atoms with Gasteiger partial charge in [0.1, 0.15) is 0 Å². The van der Waals surface area contributed by atoms with Crippen LogP contribution in [0.2, 0.25) is 0 Å². The molecule has 1 rings (SSSR count). The molecular formula is C6H9NO3. The number of rotatable bonds is 1. The molecule has 0 aromatic rings. The van der Waals surface area contributed by atoms with E-state index in [2.05, 4.69) is 0 Å². The summed E-state index contributed by atoms with van der Waals surface area (Å²) in [4.78, 5) is 12.1. The fourth-order valence-electron chi connectivity index (χ4n) is 0.945. The number of carbonyl (C=O) groups excluding carboxylic acids is 1. The number of aliphatic hydroxyl groups excluding tert-OH is 1. The molecular weight excluding hydrogens is 134 g/mol. The van der Waals surface area contributed by atoms with Gasteiger partial charge in [0.25, 0.3) is 5.95 Å². The normalized spacial score (nSPS) is 17.6. The van der Waals surface area contributed by atoms with Gasteiger partial charge in [0.15, 0.2) is 0 Å². The van der Waals surface area contributed by atoms with E-state index in [9.17, 15) is 4.79 Å². The minimum Gasteiger partial charge on any atom is -0.480 e. The average molecular weight is 143 g/mol. The first-order chi connectivity index (χ1) is 4.70. The Hall–Kier alpha value is -1.19. The van der Waals surface area contributed by atoms with Crippen LogP contribution in [0, 0.1) is 0 Å². The van der Waals surface area contributed by atoms with Crippen LogP contribution in [0.4, 0.5) is 0 Å². The van der Waals surface area contributed by atoms with Gasteiger partial charge in [0.05, 0.1) is 6.20 Å². The molecule has 1 saturated heterocycles. The molecule has 0 bridgehead atoms. The monoisotopic (exact) mass is 143 g/mol. The number of hydrogen-bond acceptors (Lipinski definition) is 3. The van der Waals surface area contributed by atoms with Crippen molar-refractivity contribution >= 4 is 5.91 Å². The van der Waals surface area contributed by atoms with Crippen LogP contribution < -0.4 is 0 Å². The number of aliphatic hydroxyl groups is 2. The number of hydrogen-bond donors (Lipinski definition) is 2. The van der Waals surface area contributed by atoms with E-state index in [4.69, 9.17) is 10.2 Å². The molecule has 1 heterocycles. The van der Waals surface area contributed by atoms with Crippen molar-refractivity contribution in [1.29, 1.82) is 0 Å². The second kappa shape index (κ2) is 2.60. The molecule has 0 atom stereocenters. The van der Waals surface area contributed by atoms with Crippen LogP contribution in [0.5, 0.6) is 0 Å². The molecule has 4 nitrogen and oxygen atoms in total. The van der Waals surface area contributed by atoms with Crippen LogP contribution in [0.15, 0.2) is 12.1 Å². The van der Waals surface area contributed by atoms with E-state index in [0.29, 0.717) is 13.0 Å². The third kappa shape index (κ3) is 1.40. The Labute approximate surface area is 58.4 Å². The lowest BCUT2D eigenvalue weighted by atomic mass is 10.4. The smallest absolute Gasteiger partial charge is 0.291 e. The molecule has 1 amide bonds. The second-order valence-corrected chi connectivity index (χ2v) is 2.18. The Bertz CT molecular complexity index is 172. The highest BCUT2D eigenvalue weighted by molar-refractivity contribution is 5.79. The van der Waals surface area contributed by atoms with Gasteiger partial charge < -0.3 is 15.1 Å². The van der Waals surface area contributed by atoms with Crippen molar-refractivity contribution in [2.45, 2.75) is 12.8 Å². The lowest BCUT2D eigenvalue weighted by molar-refractivity contribution is -0.125. The molecule has 0 saturated carbocycles. The highest BCUT2D eigenvalue weighted by Gasteiger charge is 2.18. The Morgan fingerprint density at radius 3 is 2.70 bits per heavy atom. The quantitative estimate of drug-likeness (QED) is 0.526. The second-order valence-electron chi connectivity index (χ2n) is 2.18. The number of nitrogens with zero attached hydrogens (tertiary/aromatic N) is 1. The summed E-state index contributed by atoms with van der Waals surface area (Å²) in [6.45, 7) is 0.587. The third-order valence-corrected chi connectivity index (χ3v) is 1.38. The molecule has 4 heteroatoms. The van der Waals surface area contributed by atoms with Crippen molar-refractivity contribution in [3.8, 4) is 0 Å². The Kier molecular flexibility index (Phi) is 1.80. The zero-order chi connectivity index (χ0) is 7.56. The van der Waals surface area contributed by atoms with E-state index >= 15 is 0 Å². The van der Waals surface area contributed by atoms with Gasteiger partial charge in [-0.3, -0.25) is 4.79 Å². The standard InChI is InChI=1S/C6H9NO3/c8-5-2-1-3-7(5)4-6(9)10/h4,9-10H,1-3H2. The molecule has 1 aliphatic heterocycles. The van der Waals surface area contributed by atoms with Crippen molar-refractivity contribution < 1.29 is 15.0 Å². The van der Waals surface area contributed by atoms with Crippen LogP contribution >= 0.6 is 0 Å². The molecule has 0 aliphatic carbocycles. The lowest BCUT2D eigenvalue weighted by Crippen LogP contribution is -2.18. The molecule has 1 aliphatic rings. The molecule has 0 spiro atoms. The summed E-state index contributed by atoms with van der Waals surface area (Å²) in [6, 6.07) is 0. The summed E-state index contributed by atoms with van der Waals surface area (Å²) >= 11 is 0. The van der Waals surface area contributed by atoms with Crippen molar-refractivity contribution in [2.24, 2.45) is 0 Å². The zero-order valence-electron chi connectivity index (χ0n) is 5.45. The summed E-state index contributed by atoms with van der Waals surface area (Å²) < 4.78 is 0. The van der Waals surface area contributed by atoms with E-state index < -0.39 is 5.95 Å². The zero-order valence-corrected chi connectivity index (χ0v) is 5.45. The van der Waals surface area contributed by atoms with Gasteiger partial charge in [0.2, 0.25) is 5.91 Å². The minimum atomic E-state index is -0.810. The van der Waals surface area contributed by atoms with Crippen LogP contribution in [-0.2, 0) is 4.79 Å². The molecule has 10 heavy (non-hydrogen) atoms. The van der Waals surface area contributed by atoms with E-state index in [1.165, 1.54) is 4.90 Å². The van der Waals surface area contributed by atoms with Gasteiger partial charge in [-0.15, -0.1) is 0 Å². The summed E-state index contributed by atoms with van der Waals surface area (Å²) in [6.07, 6.45) is 2.34. The van der Waals surface area contributed by atoms with Gasteiger partial charge in [-0.05, 0) is 6.42 Å². The average Bonchev–Trinajstić information content (AvgIpc) is 2.15. The Morgan fingerprint density at radius 2 is 2.30 bits per heavy atom. The number of likely N-dealkylation sites (tertiary alicyclic amines) is 1. The lowest BCUT2D eigenvalue weighted by Gasteiger charge is -2.06. The third-order valence-electron chi connectivity index (χ3n) is 1.38. The fraction of sp³-hybridized carbons (Fsp3) is 0.500. The predicted molar refractivity (Wildman–Crippen MR) is 34.3 cm³/mol. The van der Waals surface area contributed by atoms with Crippen molar-refractivity contribution in [2.75, 3.05) is 6.54 Å². The maximum atomic E-state index is 10.8. The molecule has 1 fully saturated rings.